The van der Waals surface area contributed by atoms with Crippen molar-refractivity contribution in [2.75, 3.05) is 7.05 Å². The Balaban J connectivity index is 1.92. The highest BCUT2D eigenvalue weighted by molar-refractivity contribution is 7.98. The fraction of sp³-hybridized carbons (Fsp3) is 0.400. The molecular formula is C10H14N4OS. The smallest absolute Gasteiger partial charge is 0.191 e. The molecule has 0 spiro atoms. The lowest BCUT2D eigenvalue weighted by Gasteiger charge is -1.98. The highest BCUT2D eigenvalue weighted by Crippen LogP contribution is 2.21. The molecule has 0 aromatic carbocycles. The first-order valence-electron chi connectivity index (χ1n) is 4.98. The Kier molecular flexibility index (Phi) is 3.63. The maximum atomic E-state index is 5.62. The van der Waals surface area contributed by atoms with Gasteiger partial charge in [0.2, 0.25) is 0 Å². The first kappa shape index (κ1) is 11.2. The molecule has 0 radical (unpaired) electrons. The summed E-state index contributed by atoms with van der Waals surface area (Å²) in [6.07, 6.45) is 1.69. The topological polar surface area (TPSA) is 55.9 Å². The molecule has 0 aliphatic carbocycles. The second-order valence-corrected chi connectivity index (χ2v) is 4.35. The van der Waals surface area contributed by atoms with E-state index in [1.807, 2.05) is 30.8 Å². The van der Waals surface area contributed by atoms with Crippen molar-refractivity contribution < 1.29 is 4.42 Å². The van der Waals surface area contributed by atoms with E-state index in [4.69, 9.17) is 4.42 Å². The van der Waals surface area contributed by atoms with Gasteiger partial charge in [0.05, 0.1) is 12.3 Å². The standard InChI is InChI=1S/C10H14N4OS/c1-11-5-8-3-4-9(15-8)6-16-10-13-12-7-14(10)2/h3-4,7,11H,5-6H2,1-2H3. The maximum Gasteiger partial charge on any atom is 0.191 e. The predicted molar refractivity (Wildman–Crippen MR) is 62.0 cm³/mol. The van der Waals surface area contributed by atoms with Crippen LogP contribution in [0.4, 0.5) is 0 Å². The van der Waals surface area contributed by atoms with E-state index in [0.29, 0.717) is 0 Å². The summed E-state index contributed by atoms with van der Waals surface area (Å²) in [6, 6.07) is 3.99. The zero-order valence-corrected chi connectivity index (χ0v) is 10.1. The highest BCUT2D eigenvalue weighted by atomic mass is 32.2. The van der Waals surface area contributed by atoms with E-state index in [1.54, 1.807) is 18.1 Å². The number of hydrogen-bond acceptors (Lipinski definition) is 5. The SMILES string of the molecule is CNCc1ccc(CSc2nncn2C)o1. The minimum atomic E-state index is 0.759. The Bertz CT molecular complexity index is 451. The van der Waals surface area contributed by atoms with Gasteiger partial charge in [0.15, 0.2) is 5.16 Å². The fourth-order valence-corrected chi connectivity index (χ4v) is 2.09. The van der Waals surface area contributed by atoms with Crippen LogP contribution in [0.1, 0.15) is 11.5 Å². The van der Waals surface area contributed by atoms with Crippen LogP contribution >= 0.6 is 11.8 Å². The fourth-order valence-electron chi connectivity index (χ4n) is 1.31. The van der Waals surface area contributed by atoms with Crippen LogP contribution < -0.4 is 5.32 Å². The molecule has 1 N–H and O–H groups in total. The number of nitrogens with zero attached hydrogens (tertiary/aromatic N) is 3. The second-order valence-electron chi connectivity index (χ2n) is 3.41. The molecular weight excluding hydrogens is 224 g/mol. The van der Waals surface area contributed by atoms with Crippen LogP contribution in [0.3, 0.4) is 0 Å². The average molecular weight is 238 g/mol. The summed E-state index contributed by atoms with van der Waals surface area (Å²) < 4.78 is 7.51. The van der Waals surface area contributed by atoms with E-state index in [9.17, 15) is 0 Å². The normalized spacial score (nSPS) is 10.9. The van der Waals surface area contributed by atoms with Gasteiger partial charge in [-0.1, -0.05) is 11.8 Å². The number of aromatic nitrogens is 3. The van der Waals surface area contributed by atoms with Gasteiger partial charge >= 0.3 is 0 Å². The summed E-state index contributed by atoms with van der Waals surface area (Å²) in [7, 11) is 3.83. The van der Waals surface area contributed by atoms with E-state index >= 15 is 0 Å². The Morgan fingerprint density at radius 3 is 2.94 bits per heavy atom. The third kappa shape index (κ3) is 2.65. The molecule has 0 saturated heterocycles. The Labute approximate surface area is 98.2 Å². The van der Waals surface area contributed by atoms with Crippen molar-refractivity contribution in [3.8, 4) is 0 Å². The highest BCUT2D eigenvalue weighted by Gasteiger charge is 2.05. The zero-order chi connectivity index (χ0) is 11.4. The molecule has 86 valence electrons. The van der Waals surface area contributed by atoms with Gasteiger partial charge < -0.3 is 14.3 Å². The van der Waals surface area contributed by atoms with Gasteiger partial charge in [-0.2, -0.15) is 0 Å². The minimum absolute atomic E-state index is 0.759. The van der Waals surface area contributed by atoms with Gasteiger partial charge in [0.25, 0.3) is 0 Å². The molecule has 0 aliphatic heterocycles. The number of thioether (sulfide) groups is 1. The average Bonchev–Trinajstić information content (AvgIpc) is 2.86. The quantitative estimate of drug-likeness (QED) is 0.798. The van der Waals surface area contributed by atoms with Crippen LogP contribution in [0.15, 0.2) is 28.0 Å². The number of nitrogens with one attached hydrogen (secondary N) is 1. The summed E-state index contributed by atoms with van der Waals surface area (Å²) in [6.45, 7) is 0.759. The van der Waals surface area contributed by atoms with E-state index in [-0.39, 0.29) is 0 Å². The van der Waals surface area contributed by atoms with Gasteiger partial charge in [-0.15, -0.1) is 10.2 Å². The molecule has 6 heteroatoms. The van der Waals surface area contributed by atoms with Crippen molar-refractivity contribution in [1.29, 1.82) is 0 Å². The van der Waals surface area contributed by atoms with Crippen LogP contribution in [0.5, 0.6) is 0 Å². The van der Waals surface area contributed by atoms with Crippen LogP contribution in [0.25, 0.3) is 0 Å². The lowest BCUT2D eigenvalue weighted by Crippen LogP contribution is -2.03. The van der Waals surface area contributed by atoms with Gasteiger partial charge in [0, 0.05) is 7.05 Å². The molecule has 5 nitrogen and oxygen atoms in total. The van der Waals surface area contributed by atoms with E-state index in [2.05, 4.69) is 15.5 Å². The molecule has 2 aromatic rings. The minimum Gasteiger partial charge on any atom is -0.464 e. The van der Waals surface area contributed by atoms with E-state index < -0.39 is 0 Å². The number of furan rings is 1. The monoisotopic (exact) mass is 238 g/mol. The summed E-state index contributed by atoms with van der Waals surface area (Å²) in [5, 5.41) is 11.8. The second kappa shape index (κ2) is 5.18. The van der Waals surface area contributed by atoms with Crippen molar-refractivity contribution in [3.63, 3.8) is 0 Å². The molecule has 2 rings (SSSR count). The van der Waals surface area contributed by atoms with Crippen LogP contribution in [0, 0.1) is 0 Å². The van der Waals surface area contributed by atoms with Crippen LogP contribution in [0.2, 0.25) is 0 Å². The van der Waals surface area contributed by atoms with Crippen LogP contribution in [-0.4, -0.2) is 21.8 Å². The summed E-state index contributed by atoms with van der Waals surface area (Å²) in [5.41, 5.74) is 0. The van der Waals surface area contributed by atoms with Crippen molar-refractivity contribution >= 4 is 11.8 Å². The van der Waals surface area contributed by atoms with Crippen molar-refractivity contribution in [3.05, 3.63) is 30.0 Å². The summed E-state index contributed by atoms with van der Waals surface area (Å²) in [4.78, 5) is 0. The first-order chi connectivity index (χ1) is 7.79. The molecule has 0 amide bonds. The number of rotatable bonds is 5. The lowest BCUT2D eigenvalue weighted by molar-refractivity contribution is 0.468. The Morgan fingerprint density at radius 2 is 2.25 bits per heavy atom. The van der Waals surface area contributed by atoms with Crippen molar-refractivity contribution in [1.82, 2.24) is 20.1 Å². The molecule has 2 aromatic heterocycles. The molecule has 0 saturated carbocycles. The third-order valence-electron chi connectivity index (χ3n) is 2.08. The van der Waals surface area contributed by atoms with E-state index in [1.165, 1.54) is 0 Å². The van der Waals surface area contributed by atoms with E-state index in [0.717, 1.165) is 29.0 Å². The van der Waals surface area contributed by atoms with Gasteiger partial charge in [-0.25, -0.2) is 0 Å². The lowest BCUT2D eigenvalue weighted by atomic mass is 10.4. The van der Waals surface area contributed by atoms with Gasteiger partial charge in [0.1, 0.15) is 17.8 Å². The van der Waals surface area contributed by atoms with Gasteiger partial charge in [-0.3, -0.25) is 0 Å². The molecule has 0 atom stereocenters. The molecule has 16 heavy (non-hydrogen) atoms. The molecule has 0 bridgehead atoms. The first-order valence-corrected chi connectivity index (χ1v) is 5.97. The number of aryl methyl sites for hydroxylation is 1. The Morgan fingerprint density at radius 1 is 1.44 bits per heavy atom. The van der Waals surface area contributed by atoms with Crippen LogP contribution in [-0.2, 0) is 19.3 Å². The Hall–Kier alpha value is -1.27. The van der Waals surface area contributed by atoms with Gasteiger partial charge in [-0.05, 0) is 19.2 Å². The molecule has 0 unspecified atom stereocenters. The largest absolute Gasteiger partial charge is 0.464 e. The molecule has 0 aliphatic rings. The summed E-state index contributed by atoms with van der Waals surface area (Å²) in [5.74, 6) is 2.69. The number of hydrogen-bond donors (Lipinski definition) is 1. The predicted octanol–water partition coefficient (Wildman–Crippen LogP) is 1.42. The maximum absolute atomic E-state index is 5.62. The molecule has 0 fully saturated rings. The van der Waals surface area contributed by atoms with Crippen molar-refractivity contribution in [2.24, 2.45) is 7.05 Å². The third-order valence-corrected chi connectivity index (χ3v) is 3.14. The summed E-state index contributed by atoms with van der Waals surface area (Å²) >= 11 is 1.61. The zero-order valence-electron chi connectivity index (χ0n) is 9.30. The molecule has 2 heterocycles. The van der Waals surface area contributed by atoms with Crippen molar-refractivity contribution in [2.45, 2.75) is 17.5 Å².